The van der Waals surface area contributed by atoms with Crippen LogP contribution in [0, 0.1) is 6.92 Å². The van der Waals surface area contributed by atoms with Gasteiger partial charge >= 0.3 is 5.63 Å². The topological polar surface area (TPSA) is 48.7 Å². The van der Waals surface area contributed by atoms with Crippen molar-refractivity contribution in [2.45, 2.75) is 33.3 Å². The van der Waals surface area contributed by atoms with Crippen molar-refractivity contribution in [1.29, 1.82) is 0 Å². The normalized spacial score (nSPS) is 19.0. The molecule has 24 heavy (non-hydrogen) atoms. The molecule has 0 spiro atoms. The maximum atomic E-state index is 11.7. The molecule has 0 N–H and O–H groups in total. The molecule has 3 rings (SSSR count). The Kier molecular flexibility index (Phi) is 4.86. The maximum absolute atomic E-state index is 11.7. The molecule has 2 heterocycles. The second-order valence-corrected chi connectivity index (χ2v) is 6.35. The summed E-state index contributed by atoms with van der Waals surface area (Å²) in [4.78, 5) is 11.7. The Bertz CT molecular complexity index is 854. The maximum Gasteiger partial charge on any atom is 0.339 e. The van der Waals surface area contributed by atoms with E-state index in [4.69, 9.17) is 13.9 Å². The van der Waals surface area contributed by atoms with E-state index in [9.17, 15) is 4.79 Å². The number of ether oxygens (including phenoxy) is 2. The minimum atomic E-state index is -0.399. The standard InChI is InChI=1S/C20H22O4/c1-13(2)9-16-10-15(12-23-16)7-8-22-18-11-19(21)24-17-6-4-5-14(3)20(17)18/h4-7,9,11,16H,8,10,12H2,1-3H3/b15-7-/t16-/m0/s1. The van der Waals surface area contributed by atoms with Crippen LogP contribution in [-0.4, -0.2) is 19.3 Å². The molecule has 0 radical (unpaired) electrons. The summed E-state index contributed by atoms with van der Waals surface area (Å²) in [6, 6.07) is 7.03. The van der Waals surface area contributed by atoms with Gasteiger partial charge in [-0.15, -0.1) is 0 Å². The van der Waals surface area contributed by atoms with Crippen molar-refractivity contribution in [2.24, 2.45) is 0 Å². The van der Waals surface area contributed by atoms with Crippen LogP contribution in [0.2, 0.25) is 0 Å². The Labute approximate surface area is 141 Å². The Morgan fingerprint density at radius 2 is 2.21 bits per heavy atom. The van der Waals surface area contributed by atoms with Gasteiger partial charge in [-0.05, 0) is 44.1 Å². The third kappa shape index (κ3) is 3.77. The lowest BCUT2D eigenvalue weighted by molar-refractivity contribution is 0.149. The van der Waals surface area contributed by atoms with E-state index in [1.807, 2.05) is 25.1 Å². The van der Waals surface area contributed by atoms with Crippen LogP contribution in [0.5, 0.6) is 5.75 Å². The lowest BCUT2D eigenvalue weighted by atomic mass is 10.1. The van der Waals surface area contributed by atoms with Crippen molar-refractivity contribution in [3.8, 4) is 5.75 Å². The fraction of sp³-hybridized carbons (Fsp3) is 0.350. The van der Waals surface area contributed by atoms with Gasteiger partial charge in [0, 0.05) is 6.42 Å². The van der Waals surface area contributed by atoms with E-state index in [1.165, 1.54) is 17.2 Å². The van der Waals surface area contributed by atoms with Gasteiger partial charge < -0.3 is 13.9 Å². The number of hydrogen-bond donors (Lipinski definition) is 0. The van der Waals surface area contributed by atoms with Crippen LogP contribution in [0.4, 0.5) is 0 Å². The molecule has 1 aliphatic rings. The molecule has 1 aromatic heterocycles. The molecule has 0 bridgehead atoms. The van der Waals surface area contributed by atoms with Crippen molar-refractivity contribution in [2.75, 3.05) is 13.2 Å². The number of aryl methyl sites for hydroxylation is 1. The Morgan fingerprint density at radius 3 is 3.00 bits per heavy atom. The zero-order valence-electron chi connectivity index (χ0n) is 14.3. The van der Waals surface area contributed by atoms with Crippen molar-refractivity contribution >= 4 is 11.0 Å². The van der Waals surface area contributed by atoms with Crippen molar-refractivity contribution in [1.82, 2.24) is 0 Å². The summed E-state index contributed by atoms with van der Waals surface area (Å²) in [5.41, 5.74) is 3.66. The van der Waals surface area contributed by atoms with Crippen molar-refractivity contribution < 1.29 is 13.9 Å². The first-order valence-corrected chi connectivity index (χ1v) is 8.14. The van der Waals surface area contributed by atoms with Gasteiger partial charge in [0.15, 0.2) is 0 Å². The lowest BCUT2D eigenvalue weighted by Gasteiger charge is -2.08. The minimum absolute atomic E-state index is 0.160. The molecule has 2 aromatic rings. The van der Waals surface area contributed by atoms with Crippen molar-refractivity contribution in [3.63, 3.8) is 0 Å². The third-order valence-corrected chi connectivity index (χ3v) is 4.02. The number of benzene rings is 1. The molecule has 0 unspecified atom stereocenters. The third-order valence-electron chi connectivity index (χ3n) is 4.02. The molecule has 126 valence electrons. The second-order valence-electron chi connectivity index (χ2n) is 6.35. The number of allylic oxidation sites excluding steroid dienone is 1. The first kappa shape index (κ1) is 16.5. The number of fused-ring (bicyclic) bond motifs is 1. The second kappa shape index (κ2) is 7.05. The van der Waals surface area contributed by atoms with Crippen LogP contribution in [0.3, 0.4) is 0 Å². The van der Waals surface area contributed by atoms with Gasteiger partial charge in [-0.2, -0.15) is 0 Å². The van der Waals surface area contributed by atoms with E-state index in [1.54, 1.807) is 6.07 Å². The quantitative estimate of drug-likeness (QED) is 0.625. The zero-order valence-corrected chi connectivity index (χ0v) is 14.3. The smallest absolute Gasteiger partial charge is 0.339 e. The van der Waals surface area contributed by atoms with Gasteiger partial charge in [0.05, 0.1) is 24.2 Å². The zero-order chi connectivity index (χ0) is 17.1. The summed E-state index contributed by atoms with van der Waals surface area (Å²) < 4.78 is 16.8. The molecule has 4 heteroatoms. The van der Waals surface area contributed by atoms with Crippen molar-refractivity contribution in [3.05, 3.63) is 63.5 Å². The summed E-state index contributed by atoms with van der Waals surface area (Å²) in [6.45, 7) is 7.16. The Morgan fingerprint density at radius 1 is 1.38 bits per heavy atom. The predicted molar refractivity (Wildman–Crippen MR) is 94.6 cm³/mol. The summed E-state index contributed by atoms with van der Waals surface area (Å²) in [7, 11) is 0. The average Bonchev–Trinajstić information content (AvgIpc) is 2.93. The molecule has 0 saturated carbocycles. The van der Waals surface area contributed by atoms with Crippen LogP contribution >= 0.6 is 0 Å². The largest absolute Gasteiger partial charge is 0.488 e. The van der Waals surface area contributed by atoms with E-state index in [2.05, 4.69) is 19.9 Å². The highest BCUT2D eigenvalue weighted by Gasteiger charge is 2.17. The first-order chi connectivity index (χ1) is 11.5. The molecule has 1 aromatic carbocycles. The van der Waals surface area contributed by atoms with Gasteiger partial charge in [0.2, 0.25) is 0 Å². The van der Waals surface area contributed by atoms with Crippen LogP contribution in [0.25, 0.3) is 11.0 Å². The molecular formula is C20H22O4. The summed E-state index contributed by atoms with van der Waals surface area (Å²) >= 11 is 0. The molecule has 1 saturated heterocycles. The molecule has 1 atom stereocenters. The van der Waals surface area contributed by atoms with Gasteiger partial charge in [0.1, 0.15) is 17.9 Å². The number of rotatable bonds is 4. The summed E-state index contributed by atoms with van der Waals surface area (Å²) in [5.74, 6) is 0.566. The molecule has 1 fully saturated rings. The molecule has 0 aliphatic carbocycles. The van der Waals surface area contributed by atoms with Gasteiger partial charge in [0.25, 0.3) is 0 Å². The Balaban J connectivity index is 1.74. The SMILES string of the molecule is CC(C)=C[C@H]1C/C(=C/COc2cc(=O)oc3cccc(C)c23)CO1. The summed E-state index contributed by atoms with van der Waals surface area (Å²) in [6.07, 6.45) is 5.23. The summed E-state index contributed by atoms with van der Waals surface area (Å²) in [5, 5.41) is 0.848. The highest BCUT2D eigenvalue weighted by atomic mass is 16.5. The van der Waals surface area contributed by atoms with Crippen LogP contribution < -0.4 is 10.4 Å². The molecule has 0 amide bonds. The molecular weight excluding hydrogens is 304 g/mol. The van der Waals surface area contributed by atoms with Crippen LogP contribution in [0.1, 0.15) is 25.8 Å². The first-order valence-electron chi connectivity index (χ1n) is 8.14. The van der Waals surface area contributed by atoms with E-state index in [0.29, 0.717) is 24.5 Å². The lowest BCUT2D eigenvalue weighted by Crippen LogP contribution is -2.03. The fourth-order valence-corrected chi connectivity index (χ4v) is 2.93. The highest BCUT2D eigenvalue weighted by Crippen LogP contribution is 2.27. The van der Waals surface area contributed by atoms with E-state index >= 15 is 0 Å². The van der Waals surface area contributed by atoms with Crippen LogP contribution in [0.15, 0.2) is 56.8 Å². The average molecular weight is 326 g/mol. The minimum Gasteiger partial charge on any atom is -0.488 e. The molecule has 4 nitrogen and oxygen atoms in total. The van der Waals surface area contributed by atoms with Gasteiger partial charge in [-0.25, -0.2) is 4.79 Å². The van der Waals surface area contributed by atoms with Gasteiger partial charge in [-0.3, -0.25) is 0 Å². The van der Waals surface area contributed by atoms with E-state index in [0.717, 1.165) is 17.4 Å². The Hall–Kier alpha value is -2.33. The van der Waals surface area contributed by atoms with Crippen LogP contribution in [-0.2, 0) is 4.74 Å². The number of hydrogen-bond acceptors (Lipinski definition) is 4. The van der Waals surface area contributed by atoms with E-state index in [-0.39, 0.29) is 6.10 Å². The van der Waals surface area contributed by atoms with Gasteiger partial charge in [-0.1, -0.05) is 23.8 Å². The fourth-order valence-electron chi connectivity index (χ4n) is 2.93. The predicted octanol–water partition coefficient (Wildman–Crippen LogP) is 4.16. The molecule has 1 aliphatic heterocycles. The monoisotopic (exact) mass is 326 g/mol. The van der Waals surface area contributed by atoms with E-state index < -0.39 is 5.63 Å². The highest BCUT2D eigenvalue weighted by molar-refractivity contribution is 5.86.